The summed E-state index contributed by atoms with van der Waals surface area (Å²) in [5.41, 5.74) is 2.18. The molecule has 2 aromatic carbocycles. The van der Waals surface area contributed by atoms with E-state index in [4.69, 9.17) is 18.6 Å². The number of methoxy groups -OCH3 is 3. The Morgan fingerprint density at radius 2 is 1.67 bits per heavy atom. The standard InChI is InChI=1S/C23H25NO6/c1-13(2)14-6-7-18-17(8-14)16(11-21(25)30-18)12-24-23(26)15-9-19(27-3)22(29-5)20(10-15)28-4/h6-11,13H,12H2,1-5H3,(H,24,26). The number of carbonyl (C=O) groups excluding carboxylic acids is 1. The van der Waals surface area contributed by atoms with Crippen LogP contribution in [0.15, 0.2) is 45.6 Å². The second-order valence-electron chi connectivity index (χ2n) is 7.10. The van der Waals surface area contributed by atoms with Gasteiger partial charge < -0.3 is 23.9 Å². The molecule has 158 valence electrons. The van der Waals surface area contributed by atoms with Crippen molar-refractivity contribution in [1.29, 1.82) is 0 Å². The van der Waals surface area contributed by atoms with Crippen molar-refractivity contribution >= 4 is 16.9 Å². The van der Waals surface area contributed by atoms with Gasteiger partial charge in [-0.15, -0.1) is 0 Å². The number of hydrogen-bond acceptors (Lipinski definition) is 6. The summed E-state index contributed by atoms with van der Waals surface area (Å²) in [5, 5.41) is 3.65. The number of carbonyl (C=O) groups is 1. The van der Waals surface area contributed by atoms with E-state index >= 15 is 0 Å². The van der Waals surface area contributed by atoms with E-state index in [-0.39, 0.29) is 12.5 Å². The van der Waals surface area contributed by atoms with Gasteiger partial charge in [0.2, 0.25) is 5.75 Å². The molecule has 1 aromatic heterocycles. The van der Waals surface area contributed by atoms with Gasteiger partial charge in [-0.1, -0.05) is 19.9 Å². The Balaban J connectivity index is 1.92. The van der Waals surface area contributed by atoms with Crippen LogP contribution in [0, 0.1) is 0 Å². The molecule has 7 heteroatoms. The maximum absolute atomic E-state index is 12.8. The van der Waals surface area contributed by atoms with Crippen LogP contribution in [0.25, 0.3) is 11.0 Å². The average Bonchev–Trinajstić information content (AvgIpc) is 2.75. The van der Waals surface area contributed by atoms with Gasteiger partial charge in [0, 0.05) is 23.6 Å². The first-order chi connectivity index (χ1) is 14.4. The van der Waals surface area contributed by atoms with E-state index in [1.165, 1.54) is 27.4 Å². The third-order valence-electron chi connectivity index (χ3n) is 4.89. The van der Waals surface area contributed by atoms with Crippen molar-refractivity contribution in [3.05, 3.63) is 63.5 Å². The molecule has 0 saturated heterocycles. The minimum atomic E-state index is -0.461. The van der Waals surface area contributed by atoms with E-state index in [1.54, 1.807) is 18.2 Å². The molecule has 3 rings (SSSR count). The quantitative estimate of drug-likeness (QED) is 0.594. The topological polar surface area (TPSA) is 87.0 Å². The SMILES string of the molecule is COc1cc(C(=O)NCc2cc(=O)oc3ccc(C(C)C)cc23)cc(OC)c1OC. The molecule has 0 aliphatic carbocycles. The van der Waals surface area contributed by atoms with E-state index < -0.39 is 5.63 Å². The second kappa shape index (κ2) is 8.90. The number of hydrogen-bond donors (Lipinski definition) is 1. The molecule has 0 aliphatic rings. The largest absolute Gasteiger partial charge is 0.493 e. The van der Waals surface area contributed by atoms with Crippen LogP contribution >= 0.6 is 0 Å². The molecule has 0 bridgehead atoms. The molecule has 0 fully saturated rings. The van der Waals surface area contributed by atoms with E-state index in [0.29, 0.717) is 39.9 Å². The van der Waals surface area contributed by atoms with Gasteiger partial charge in [-0.05, 0) is 41.3 Å². The zero-order valence-electron chi connectivity index (χ0n) is 17.7. The first-order valence-corrected chi connectivity index (χ1v) is 9.52. The maximum Gasteiger partial charge on any atom is 0.336 e. The number of benzene rings is 2. The highest BCUT2D eigenvalue weighted by Gasteiger charge is 2.17. The lowest BCUT2D eigenvalue weighted by Gasteiger charge is -2.14. The summed E-state index contributed by atoms with van der Waals surface area (Å²) >= 11 is 0. The van der Waals surface area contributed by atoms with Gasteiger partial charge in [-0.25, -0.2) is 4.79 Å². The summed E-state index contributed by atoms with van der Waals surface area (Å²) in [6.45, 7) is 4.34. The van der Waals surface area contributed by atoms with Gasteiger partial charge in [0.25, 0.3) is 5.91 Å². The number of nitrogens with one attached hydrogen (secondary N) is 1. The molecule has 0 saturated carbocycles. The molecule has 0 aliphatic heterocycles. The van der Waals surface area contributed by atoms with Crippen LogP contribution < -0.4 is 25.2 Å². The van der Waals surface area contributed by atoms with Crippen molar-refractivity contribution in [2.45, 2.75) is 26.3 Å². The Bertz CT molecular complexity index is 1110. The summed E-state index contributed by atoms with van der Waals surface area (Å²) in [7, 11) is 4.47. The van der Waals surface area contributed by atoms with Crippen molar-refractivity contribution in [3.63, 3.8) is 0 Å². The molecule has 0 atom stereocenters. The van der Waals surface area contributed by atoms with Gasteiger partial charge in [-0.3, -0.25) is 4.79 Å². The van der Waals surface area contributed by atoms with Crippen LogP contribution in [-0.4, -0.2) is 27.2 Å². The van der Waals surface area contributed by atoms with Crippen LogP contribution in [0.1, 0.15) is 41.3 Å². The lowest BCUT2D eigenvalue weighted by Crippen LogP contribution is -2.23. The molecule has 3 aromatic rings. The minimum Gasteiger partial charge on any atom is -0.493 e. The van der Waals surface area contributed by atoms with Gasteiger partial charge in [0.1, 0.15) is 5.58 Å². The fraction of sp³-hybridized carbons (Fsp3) is 0.304. The molecule has 0 radical (unpaired) electrons. The van der Waals surface area contributed by atoms with Gasteiger partial charge in [0.05, 0.1) is 21.3 Å². The third kappa shape index (κ3) is 4.25. The van der Waals surface area contributed by atoms with Crippen LogP contribution in [0.2, 0.25) is 0 Å². The zero-order chi connectivity index (χ0) is 21.8. The Hall–Kier alpha value is -3.48. The van der Waals surface area contributed by atoms with Crippen LogP contribution in [-0.2, 0) is 6.54 Å². The van der Waals surface area contributed by atoms with Crippen LogP contribution in [0.3, 0.4) is 0 Å². The van der Waals surface area contributed by atoms with E-state index in [1.807, 2.05) is 12.1 Å². The maximum atomic E-state index is 12.8. The number of rotatable bonds is 7. The van der Waals surface area contributed by atoms with Crippen molar-refractivity contribution in [2.75, 3.05) is 21.3 Å². The molecular weight excluding hydrogens is 386 g/mol. The molecule has 1 N–H and O–H groups in total. The zero-order valence-corrected chi connectivity index (χ0v) is 17.7. The fourth-order valence-corrected chi connectivity index (χ4v) is 3.24. The average molecular weight is 411 g/mol. The van der Waals surface area contributed by atoms with E-state index in [9.17, 15) is 9.59 Å². The highest BCUT2D eigenvalue weighted by atomic mass is 16.5. The molecule has 0 unspecified atom stereocenters. The Morgan fingerprint density at radius 3 is 2.23 bits per heavy atom. The Morgan fingerprint density at radius 1 is 1.00 bits per heavy atom. The summed E-state index contributed by atoms with van der Waals surface area (Å²) < 4.78 is 21.2. The molecule has 1 heterocycles. The third-order valence-corrected chi connectivity index (χ3v) is 4.89. The Kier molecular flexibility index (Phi) is 6.30. The predicted octanol–water partition coefficient (Wildman–Crippen LogP) is 3.87. The first-order valence-electron chi connectivity index (χ1n) is 9.52. The summed E-state index contributed by atoms with van der Waals surface area (Å²) in [6.07, 6.45) is 0. The van der Waals surface area contributed by atoms with E-state index in [2.05, 4.69) is 19.2 Å². The summed E-state index contributed by atoms with van der Waals surface area (Å²) in [5.74, 6) is 1.16. The molecule has 30 heavy (non-hydrogen) atoms. The summed E-state index contributed by atoms with van der Waals surface area (Å²) in [6, 6.07) is 10.3. The number of ether oxygens (including phenoxy) is 3. The number of amides is 1. The van der Waals surface area contributed by atoms with Crippen molar-refractivity contribution < 1.29 is 23.4 Å². The van der Waals surface area contributed by atoms with Crippen molar-refractivity contribution in [3.8, 4) is 17.2 Å². The highest BCUT2D eigenvalue weighted by Crippen LogP contribution is 2.38. The van der Waals surface area contributed by atoms with Crippen LogP contribution in [0.5, 0.6) is 17.2 Å². The second-order valence-corrected chi connectivity index (χ2v) is 7.10. The monoisotopic (exact) mass is 411 g/mol. The lowest BCUT2D eigenvalue weighted by molar-refractivity contribution is 0.0950. The van der Waals surface area contributed by atoms with Crippen LogP contribution in [0.4, 0.5) is 0 Å². The predicted molar refractivity (Wildman–Crippen MR) is 114 cm³/mol. The first kappa shape index (κ1) is 21.2. The molecule has 1 amide bonds. The normalized spacial score (nSPS) is 10.9. The lowest BCUT2D eigenvalue weighted by atomic mass is 9.99. The minimum absolute atomic E-state index is 0.166. The van der Waals surface area contributed by atoms with Gasteiger partial charge in [0.15, 0.2) is 11.5 Å². The summed E-state index contributed by atoms with van der Waals surface area (Å²) in [4.78, 5) is 24.7. The van der Waals surface area contributed by atoms with Crippen molar-refractivity contribution in [1.82, 2.24) is 5.32 Å². The number of fused-ring (bicyclic) bond motifs is 1. The fourth-order valence-electron chi connectivity index (χ4n) is 3.24. The van der Waals surface area contributed by atoms with Gasteiger partial charge in [-0.2, -0.15) is 0 Å². The highest BCUT2D eigenvalue weighted by molar-refractivity contribution is 5.96. The molecule has 7 nitrogen and oxygen atoms in total. The molecule has 0 spiro atoms. The van der Waals surface area contributed by atoms with Gasteiger partial charge >= 0.3 is 5.63 Å². The van der Waals surface area contributed by atoms with Crippen molar-refractivity contribution in [2.24, 2.45) is 0 Å². The smallest absolute Gasteiger partial charge is 0.336 e. The van der Waals surface area contributed by atoms with E-state index in [0.717, 1.165) is 10.9 Å². The molecular formula is C23H25NO6. The Labute approximate surface area is 174 Å².